The van der Waals surface area contributed by atoms with Crippen LogP contribution in [0.25, 0.3) is 0 Å². The summed E-state index contributed by atoms with van der Waals surface area (Å²) >= 11 is 1.09. The molecule has 0 saturated heterocycles. The lowest BCUT2D eigenvalue weighted by atomic mass is 9.89. The highest BCUT2D eigenvalue weighted by molar-refractivity contribution is 7.99. The summed E-state index contributed by atoms with van der Waals surface area (Å²) in [7, 11) is 0. The first-order valence-corrected chi connectivity index (χ1v) is 11.8. The molecule has 0 unspecified atom stereocenters. The first-order chi connectivity index (χ1) is 17.6. The van der Waals surface area contributed by atoms with Crippen molar-refractivity contribution in [3.8, 4) is 0 Å². The van der Waals surface area contributed by atoms with E-state index in [4.69, 9.17) is 0 Å². The second-order valence-corrected chi connectivity index (χ2v) is 8.95. The smallest absolute Gasteiger partial charge is 0.381 e. The number of rotatable bonds is 8. The first kappa shape index (κ1) is 32.4. The van der Waals surface area contributed by atoms with Crippen LogP contribution >= 0.6 is 11.8 Å². The van der Waals surface area contributed by atoms with E-state index in [0.717, 1.165) is 23.9 Å². The van der Waals surface area contributed by atoms with Crippen molar-refractivity contribution >= 4 is 23.4 Å². The summed E-state index contributed by atoms with van der Waals surface area (Å²) in [4.78, 5) is 11.6. The summed E-state index contributed by atoms with van der Waals surface area (Å²) in [5, 5.41) is 14.4. The highest BCUT2D eigenvalue weighted by Crippen LogP contribution is 2.44. The van der Waals surface area contributed by atoms with Crippen LogP contribution in [0.1, 0.15) is 27.8 Å². The van der Waals surface area contributed by atoms with Gasteiger partial charge >= 0.3 is 24.7 Å². The van der Waals surface area contributed by atoms with Crippen molar-refractivity contribution in [3.63, 3.8) is 0 Å². The lowest BCUT2D eigenvalue weighted by Gasteiger charge is -2.32. The van der Waals surface area contributed by atoms with Gasteiger partial charge in [0.1, 0.15) is 0 Å². The minimum Gasteiger partial charge on any atom is -0.381 e. The Morgan fingerprint density at radius 2 is 1.31 bits per heavy atom. The number of hydrogen-bond acceptors (Lipinski definition) is 4. The molecule has 2 aromatic rings. The molecule has 0 radical (unpaired) electrons. The van der Waals surface area contributed by atoms with Crippen LogP contribution in [0.2, 0.25) is 0 Å². The number of hydrogen-bond donors (Lipinski definition) is 3. The van der Waals surface area contributed by atoms with Crippen molar-refractivity contribution in [2.75, 3.05) is 23.9 Å². The molecule has 4 nitrogen and oxygen atoms in total. The van der Waals surface area contributed by atoms with E-state index in [1.807, 2.05) is 5.32 Å². The molecule has 0 bridgehead atoms. The number of benzene rings is 2. The predicted octanol–water partition coefficient (Wildman–Crippen LogP) is 6.58. The number of amides is 1. The maximum absolute atomic E-state index is 13.8. The van der Waals surface area contributed by atoms with Crippen LogP contribution in [-0.2, 0) is 35.5 Å². The van der Waals surface area contributed by atoms with Crippen LogP contribution in [0.15, 0.2) is 36.4 Å². The van der Waals surface area contributed by atoms with Gasteiger partial charge in [0.2, 0.25) is 11.5 Å². The van der Waals surface area contributed by atoms with E-state index in [-0.39, 0.29) is 17.9 Å². The first-order valence-electron chi connectivity index (χ1n) is 10.4. The Balaban J connectivity index is 2.51. The van der Waals surface area contributed by atoms with Gasteiger partial charge in [-0.15, -0.1) is 0 Å². The van der Waals surface area contributed by atoms with Crippen molar-refractivity contribution in [2.45, 2.75) is 36.9 Å². The zero-order valence-electron chi connectivity index (χ0n) is 19.4. The molecule has 0 fully saturated rings. The van der Waals surface area contributed by atoms with Gasteiger partial charge in [-0.05, 0) is 47.7 Å². The van der Waals surface area contributed by atoms with Crippen molar-refractivity contribution in [1.82, 2.24) is 5.32 Å². The fourth-order valence-electron chi connectivity index (χ4n) is 3.27. The standard InChI is InChI=1S/C22H18F12N2O2S/c1-39-9-17(37)35-8-11-2-3-15(7-16(11)21(29,30)31)36-10-18(38,22(32,33)34)12-4-13(19(23,24)25)6-14(5-12)20(26,27)28/h2-7,36,38H,8-10H2,1H3,(H,35,37)/t18-/m0/s1. The minimum atomic E-state index is -5.87. The van der Waals surface area contributed by atoms with Crippen LogP contribution in [0.4, 0.5) is 58.4 Å². The maximum Gasteiger partial charge on any atom is 0.423 e. The molecular formula is C22H18F12N2O2S. The highest BCUT2D eigenvalue weighted by Gasteiger charge is 2.56. The number of alkyl halides is 12. The van der Waals surface area contributed by atoms with E-state index in [0.29, 0.717) is 6.07 Å². The molecule has 0 heterocycles. The van der Waals surface area contributed by atoms with Crippen molar-refractivity contribution < 1.29 is 62.6 Å². The average molecular weight is 602 g/mol. The second-order valence-electron chi connectivity index (χ2n) is 8.09. The van der Waals surface area contributed by atoms with E-state index < -0.39 is 88.9 Å². The second kappa shape index (κ2) is 11.3. The van der Waals surface area contributed by atoms with Crippen LogP contribution in [0.3, 0.4) is 0 Å². The van der Waals surface area contributed by atoms with E-state index >= 15 is 0 Å². The normalized spacial score (nSPS) is 14.6. The van der Waals surface area contributed by atoms with E-state index in [1.165, 1.54) is 0 Å². The third kappa shape index (κ3) is 8.09. The Kier molecular flexibility index (Phi) is 9.43. The van der Waals surface area contributed by atoms with Crippen LogP contribution < -0.4 is 10.6 Å². The van der Waals surface area contributed by atoms with Gasteiger partial charge in [0.05, 0.1) is 29.0 Å². The van der Waals surface area contributed by atoms with Crippen molar-refractivity contribution in [1.29, 1.82) is 0 Å². The van der Waals surface area contributed by atoms with Gasteiger partial charge in [-0.25, -0.2) is 0 Å². The molecule has 1 atom stereocenters. The molecule has 0 spiro atoms. The minimum absolute atomic E-state index is 0.0669. The van der Waals surface area contributed by atoms with Gasteiger partial charge in [-0.2, -0.15) is 64.4 Å². The van der Waals surface area contributed by atoms with Gasteiger partial charge in [0, 0.05) is 12.2 Å². The Morgan fingerprint density at radius 1 is 0.795 bits per heavy atom. The molecule has 2 rings (SSSR count). The fraction of sp³-hybridized carbons (Fsp3) is 0.409. The van der Waals surface area contributed by atoms with Gasteiger partial charge in [0.15, 0.2) is 0 Å². The number of aliphatic hydroxyl groups is 1. The molecule has 0 aliphatic rings. The predicted molar refractivity (Wildman–Crippen MR) is 117 cm³/mol. The summed E-state index contributed by atoms with van der Waals surface area (Å²) in [5.41, 5.74) is -13.1. The molecule has 3 N–H and O–H groups in total. The van der Waals surface area contributed by atoms with Gasteiger partial charge in [-0.3, -0.25) is 4.79 Å². The SMILES string of the molecule is CSCC(=O)NCc1ccc(NC[C@](O)(c2cc(C(F)(F)F)cc(C(F)(F)F)c2)C(F)(F)F)cc1C(F)(F)F. The van der Waals surface area contributed by atoms with Gasteiger partial charge < -0.3 is 15.7 Å². The lowest BCUT2D eigenvalue weighted by Crippen LogP contribution is -2.48. The summed E-state index contributed by atoms with van der Waals surface area (Å²) in [6.45, 7) is -2.46. The largest absolute Gasteiger partial charge is 0.423 e. The molecule has 0 aliphatic carbocycles. The number of carbonyl (C=O) groups excluding carboxylic acids is 1. The molecular weight excluding hydrogens is 584 g/mol. The third-order valence-electron chi connectivity index (χ3n) is 5.25. The molecule has 0 saturated carbocycles. The lowest BCUT2D eigenvalue weighted by molar-refractivity contribution is -0.261. The summed E-state index contributed by atoms with van der Waals surface area (Å²) in [6, 6.07) is 0.844. The molecule has 1 amide bonds. The Bertz CT molecular complexity index is 1140. The molecule has 17 heteroatoms. The molecule has 2 aromatic carbocycles. The van der Waals surface area contributed by atoms with E-state index in [1.54, 1.807) is 6.26 Å². The zero-order chi connectivity index (χ0) is 30.0. The Morgan fingerprint density at radius 3 is 1.74 bits per heavy atom. The highest BCUT2D eigenvalue weighted by atomic mass is 32.2. The molecule has 39 heavy (non-hydrogen) atoms. The Hall–Kier alpha value is -2.82. The number of carbonyl (C=O) groups is 1. The Labute approximate surface area is 216 Å². The monoisotopic (exact) mass is 602 g/mol. The number of anilines is 1. The van der Waals surface area contributed by atoms with Gasteiger partial charge in [0.25, 0.3) is 0 Å². The quantitative estimate of drug-likeness (QED) is 0.299. The third-order valence-corrected chi connectivity index (χ3v) is 5.80. The summed E-state index contributed by atoms with van der Waals surface area (Å²) in [6.07, 6.45) is -20.4. The van der Waals surface area contributed by atoms with Crippen LogP contribution in [0, 0.1) is 0 Å². The summed E-state index contributed by atoms with van der Waals surface area (Å²) < 4.78 is 161. The molecule has 0 aliphatic heterocycles. The molecule has 0 aromatic heterocycles. The van der Waals surface area contributed by atoms with Crippen LogP contribution in [0.5, 0.6) is 0 Å². The topological polar surface area (TPSA) is 61.4 Å². The van der Waals surface area contributed by atoms with Gasteiger partial charge in [-0.1, -0.05) is 6.07 Å². The number of thioether (sulfide) groups is 1. The summed E-state index contributed by atoms with van der Waals surface area (Å²) in [5.74, 6) is -0.671. The van der Waals surface area contributed by atoms with Crippen molar-refractivity contribution in [3.05, 3.63) is 64.2 Å². The van der Waals surface area contributed by atoms with E-state index in [2.05, 4.69) is 5.32 Å². The van der Waals surface area contributed by atoms with Crippen LogP contribution in [-0.4, -0.2) is 35.7 Å². The fourth-order valence-corrected chi connectivity index (χ4v) is 3.63. The average Bonchev–Trinajstić information content (AvgIpc) is 2.78. The van der Waals surface area contributed by atoms with E-state index in [9.17, 15) is 62.6 Å². The number of halogens is 12. The zero-order valence-corrected chi connectivity index (χ0v) is 20.2. The molecule has 218 valence electrons. The number of nitrogens with one attached hydrogen (secondary N) is 2. The maximum atomic E-state index is 13.8. The van der Waals surface area contributed by atoms with Crippen molar-refractivity contribution in [2.24, 2.45) is 0 Å².